The molecule has 19 heavy (non-hydrogen) atoms. The molecule has 0 spiro atoms. The molecule has 4 nitrogen and oxygen atoms in total. The number of pyridine rings is 1. The number of rotatable bonds is 2. The number of amides is 1. The first-order valence-electron chi connectivity index (χ1n) is 6.20. The molecule has 1 aromatic heterocycles. The van der Waals surface area contributed by atoms with E-state index in [1.165, 1.54) is 0 Å². The fourth-order valence-corrected chi connectivity index (χ4v) is 3.37. The van der Waals surface area contributed by atoms with Gasteiger partial charge in [0.15, 0.2) is 0 Å². The number of carbonyl (C=O) groups excluding carboxylic acids is 1. The minimum Gasteiger partial charge on any atom is -0.373 e. The number of nitrogens with zero attached hydrogens (tertiary/aromatic N) is 2. The van der Waals surface area contributed by atoms with Gasteiger partial charge in [0.1, 0.15) is 11.5 Å². The summed E-state index contributed by atoms with van der Waals surface area (Å²) in [5.41, 5.74) is 0.330. The van der Waals surface area contributed by atoms with E-state index in [9.17, 15) is 4.79 Å². The molecule has 1 fully saturated rings. The Labute approximate surface area is 122 Å². The van der Waals surface area contributed by atoms with E-state index < -0.39 is 0 Å². The molecule has 1 amide bonds. The first-order valence-corrected chi connectivity index (χ1v) is 7.57. The Hall–Kier alpha value is -0.940. The normalized spacial score (nSPS) is 18.2. The molecule has 0 unspecified atom stereocenters. The number of aromatic nitrogens is 1. The topological polar surface area (TPSA) is 45.2 Å². The van der Waals surface area contributed by atoms with Gasteiger partial charge in [0, 0.05) is 30.6 Å². The summed E-state index contributed by atoms with van der Waals surface area (Å²) in [4.78, 5) is 18.6. The maximum atomic E-state index is 12.5. The summed E-state index contributed by atoms with van der Waals surface area (Å²) in [6.07, 6.45) is 0. The molecule has 0 aromatic carbocycles. The van der Waals surface area contributed by atoms with Gasteiger partial charge in [-0.3, -0.25) is 4.79 Å². The second-order valence-corrected chi connectivity index (χ2v) is 7.32. The van der Waals surface area contributed by atoms with Crippen LogP contribution in [-0.4, -0.2) is 46.4 Å². The Morgan fingerprint density at radius 2 is 2.26 bits per heavy atom. The number of halogens is 1. The maximum Gasteiger partial charge on any atom is 0.274 e. The summed E-state index contributed by atoms with van der Waals surface area (Å²) in [6, 6.07) is 3.46. The summed E-state index contributed by atoms with van der Waals surface area (Å²) < 4.78 is 0.0843. The van der Waals surface area contributed by atoms with E-state index in [0.29, 0.717) is 16.5 Å². The molecule has 0 saturated carbocycles. The third kappa shape index (κ3) is 3.34. The van der Waals surface area contributed by atoms with Crippen LogP contribution in [-0.2, 0) is 0 Å². The van der Waals surface area contributed by atoms with Gasteiger partial charge in [0.25, 0.3) is 5.91 Å². The highest BCUT2D eigenvalue weighted by atomic mass is 35.5. The highest BCUT2D eigenvalue weighted by Gasteiger charge is 2.31. The predicted molar refractivity (Wildman–Crippen MR) is 81.2 cm³/mol. The molecule has 1 saturated heterocycles. The van der Waals surface area contributed by atoms with E-state index in [1.54, 1.807) is 19.2 Å². The van der Waals surface area contributed by atoms with Crippen molar-refractivity contribution in [2.24, 2.45) is 0 Å². The van der Waals surface area contributed by atoms with Crippen molar-refractivity contribution in [1.29, 1.82) is 0 Å². The highest BCUT2D eigenvalue weighted by molar-refractivity contribution is 8.00. The number of hydrogen-bond acceptors (Lipinski definition) is 4. The van der Waals surface area contributed by atoms with Gasteiger partial charge < -0.3 is 10.2 Å². The molecule has 1 aliphatic rings. The van der Waals surface area contributed by atoms with Crippen LogP contribution in [0, 0.1) is 0 Å². The average Bonchev–Trinajstić information content (AvgIpc) is 2.37. The van der Waals surface area contributed by atoms with Crippen LogP contribution in [0.25, 0.3) is 0 Å². The molecule has 2 heterocycles. The van der Waals surface area contributed by atoms with Crippen LogP contribution in [0.1, 0.15) is 24.3 Å². The van der Waals surface area contributed by atoms with Gasteiger partial charge >= 0.3 is 0 Å². The lowest BCUT2D eigenvalue weighted by Gasteiger charge is -2.37. The molecule has 0 radical (unpaired) electrons. The molecule has 104 valence electrons. The lowest BCUT2D eigenvalue weighted by molar-refractivity contribution is 0.0742. The third-order valence-corrected chi connectivity index (χ3v) is 4.62. The number of nitrogens with one attached hydrogen (secondary N) is 1. The largest absolute Gasteiger partial charge is 0.373 e. The number of anilines is 1. The van der Waals surface area contributed by atoms with Crippen molar-refractivity contribution < 1.29 is 4.79 Å². The number of carbonyl (C=O) groups is 1. The monoisotopic (exact) mass is 299 g/mol. The van der Waals surface area contributed by atoms with Gasteiger partial charge in [-0.15, -0.1) is 0 Å². The van der Waals surface area contributed by atoms with Gasteiger partial charge in [-0.25, -0.2) is 4.98 Å². The number of thioether (sulfide) groups is 1. The smallest absolute Gasteiger partial charge is 0.274 e. The fourth-order valence-electron chi connectivity index (χ4n) is 2.07. The summed E-state index contributed by atoms with van der Waals surface area (Å²) in [6.45, 7) is 5.76. The van der Waals surface area contributed by atoms with Crippen molar-refractivity contribution in [2.75, 3.05) is 31.2 Å². The molecular weight excluding hydrogens is 282 g/mol. The molecule has 1 N–H and O–H groups in total. The Kier molecular flexibility index (Phi) is 4.26. The summed E-state index contributed by atoms with van der Waals surface area (Å²) >= 11 is 7.98. The quantitative estimate of drug-likeness (QED) is 0.912. The van der Waals surface area contributed by atoms with Crippen molar-refractivity contribution >= 4 is 35.1 Å². The van der Waals surface area contributed by atoms with Crippen LogP contribution < -0.4 is 5.32 Å². The lowest BCUT2D eigenvalue weighted by Crippen LogP contribution is -2.46. The molecule has 1 aromatic rings. The second-order valence-electron chi connectivity index (χ2n) is 5.11. The molecule has 6 heteroatoms. The molecule has 0 atom stereocenters. The summed E-state index contributed by atoms with van der Waals surface area (Å²) in [7, 11) is 1.77. The van der Waals surface area contributed by atoms with Crippen LogP contribution in [0.2, 0.25) is 5.02 Å². The predicted octanol–water partition coefficient (Wildman–Crippen LogP) is 2.74. The lowest BCUT2D eigenvalue weighted by atomic mass is 10.1. The Morgan fingerprint density at radius 3 is 2.89 bits per heavy atom. The van der Waals surface area contributed by atoms with E-state index in [1.807, 2.05) is 16.7 Å². The Balaban J connectivity index is 2.24. The van der Waals surface area contributed by atoms with Crippen LogP contribution in [0.3, 0.4) is 0 Å². The molecule has 0 bridgehead atoms. The Bertz CT molecular complexity index is 493. The van der Waals surface area contributed by atoms with Crippen LogP contribution in [0.5, 0.6) is 0 Å². The standard InChI is InChI=1S/C13H18ClN3OS/c1-13(2)8-17(6-7-19-13)12(18)11-9(14)4-5-10(15-3)16-11/h4-5H,6-8H2,1-3H3,(H,15,16). The Morgan fingerprint density at radius 1 is 1.53 bits per heavy atom. The molecule has 0 aliphatic carbocycles. The van der Waals surface area contributed by atoms with Crippen molar-refractivity contribution in [1.82, 2.24) is 9.88 Å². The van der Waals surface area contributed by atoms with E-state index in [0.717, 1.165) is 18.8 Å². The van der Waals surface area contributed by atoms with Crippen LogP contribution >= 0.6 is 23.4 Å². The second kappa shape index (κ2) is 5.59. The van der Waals surface area contributed by atoms with Crippen LogP contribution in [0.15, 0.2) is 12.1 Å². The summed E-state index contributed by atoms with van der Waals surface area (Å²) in [5.74, 6) is 1.51. The SMILES string of the molecule is CNc1ccc(Cl)c(C(=O)N2CCSC(C)(C)C2)n1. The zero-order chi connectivity index (χ0) is 14.0. The zero-order valence-electron chi connectivity index (χ0n) is 11.4. The highest BCUT2D eigenvalue weighted by Crippen LogP contribution is 2.30. The van der Waals surface area contributed by atoms with Gasteiger partial charge in [0.2, 0.25) is 0 Å². The first-order chi connectivity index (χ1) is 8.93. The minimum atomic E-state index is -0.0875. The van der Waals surface area contributed by atoms with Crippen molar-refractivity contribution in [3.8, 4) is 0 Å². The van der Waals surface area contributed by atoms with Gasteiger partial charge in [-0.2, -0.15) is 11.8 Å². The third-order valence-electron chi connectivity index (χ3n) is 3.02. The van der Waals surface area contributed by atoms with E-state index in [4.69, 9.17) is 11.6 Å². The minimum absolute atomic E-state index is 0.0843. The fraction of sp³-hybridized carbons (Fsp3) is 0.538. The summed E-state index contributed by atoms with van der Waals surface area (Å²) in [5, 5.41) is 3.33. The van der Waals surface area contributed by atoms with E-state index in [2.05, 4.69) is 24.1 Å². The van der Waals surface area contributed by atoms with Crippen molar-refractivity contribution in [2.45, 2.75) is 18.6 Å². The average molecular weight is 300 g/mol. The molecular formula is C13H18ClN3OS. The van der Waals surface area contributed by atoms with Crippen LogP contribution in [0.4, 0.5) is 5.82 Å². The van der Waals surface area contributed by atoms with Crippen molar-refractivity contribution in [3.05, 3.63) is 22.8 Å². The first kappa shape index (κ1) is 14.5. The van der Waals surface area contributed by atoms with Gasteiger partial charge in [-0.1, -0.05) is 11.6 Å². The van der Waals surface area contributed by atoms with Gasteiger partial charge in [0.05, 0.1) is 5.02 Å². The zero-order valence-corrected chi connectivity index (χ0v) is 12.9. The van der Waals surface area contributed by atoms with Crippen molar-refractivity contribution in [3.63, 3.8) is 0 Å². The number of hydrogen-bond donors (Lipinski definition) is 1. The molecule has 1 aliphatic heterocycles. The van der Waals surface area contributed by atoms with Gasteiger partial charge in [-0.05, 0) is 26.0 Å². The van der Waals surface area contributed by atoms with E-state index >= 15 is 0 Å². The van der Waals surface area contributed by atoms with E-state index in [-0.39, 0.29) is 10.7 Å². The molecule has 2 rings (SSSR count). The maximum absolute atomic E-state index is 12.5.